The van der Waals surface area contributed by atoms with Gasteiger partial charge in [-0.3, -0.25) is 9.59 Å². The Morgan fingerprint density at radius 3 is 2.59 bits per heavy atom. The zero-order chi connectivity index (χ0) is 15.8. The Bertz CT molecular complexity index is 646. The Morgan fingerprint density at radius 2 is 1.77 bits per heavy atom. The van der Waals surface area contributed by atoms with Gasteiger partial charge >= 0.3 is 5.97 Å². The van der Waals surface area contributed by atoms with Crippen molar-refractivity contribution >= 4 is 22.6 Å². The van der Waals surface area contributed by atoms with E-state index in [9.17, 15) is 9.59 Å². The maximum absolute atomic E-state index is 11.4. The summed E-state index contributed by atoms with van der Waals surface area (Å²) in [7, 11) is 0. The molecule has 4 heteroatoms. The molecule has 2 aromatic carbocycles. The normalized spacial score (nSPS) is 10.4. The lowest BCUT2D eigenvalue weighted by Gasteiger charge is -2.07. The van der Waals surface area contributed by atoms with Crippen LogP contribution in [0.4, 0.5) is 0 Å². The molecule has 0 radical (unpaired) electrons. The Kier molecular flexibility index (Phi) is 5.95. The van der Waals surface area contributed by atoms with Crippen LogP contribution in [0, 0.1) is 0 Å². The SMILES string of the molecule is CC(=O)ONC(=O)CCCCCc1cccc2ccccc12. The second-order valence-electron chi connectivity index (χ2n) is 5.32. The van der Waals surface area contributed by atoms with E-state index in [4.69, 9.17) is 0 Å². The van der Waals surface area contributed by atoms with Crippen LogP contribution in [0.1, 0.15) is 38.2 Å². The fraction of sp³-hybridized carbons (Fsp3) is 0.333. The van der Waals surface area contributed by atoms with Gasteiger partial charge < -0.3 is 4.84 Å². The summed E-state index contributed by atoms with van der Waals surface area (Å²) in [5.41, 5.74) is 3.48. The molecule has 0 saturated heterocycles. The Hall–Kier alpha value is -2.36. The highest BCUT2D eigenvalue weighted by atomic mass is 16.7. The lowest BCUT2D eigenvalue weighted by molar-refractivity contribution is -0.156. The molecule has 22 heavy (non-hydrogen) atoms. The molecule has 0 heterocycles. The highest BCUT2D eigenvalue weighted by Crippen LogP contribution is 2.20. The van der Waals surface area contributed by atoms with Gasteiger partial charge in [-0.15, -0.1) is 0 Å². The van der Waals surface area contributed by atoms with Gasteiger partial charge in [0.2, 0.25) is 0 Å². The number of hydrogen-bond donors (Lipinski definition) is 1. The number of hydroxylamine groups is 1. The van der Waals surface area contributed by atoms with Crippen LogP contribution >= 0.6 is 0 Å². The minimum absolute atomic E-state index is 0.250. The van der Waals surface area contributed by atoms with Crippen LogP contribution in [0.25, 0.3) is 10.8 Å². The quantitative estimate of drug-likeness (QED) is 0.655. The van der Waals surface area contributed by atoms with Crippen LogP contribution in [-0.2, 0) is 20.8 Å². The maximum atomic E-state index is 11.4. The van der Waals surface area contributed by atoms with Gasteiger partial charge in [-0.25, -0.2) is 0 Å². The third kappa shape index (κ3) is 4.88. The average molecular weight is 299 g/mol. The van der Waals surface area contributed by atoms with Crippen molar-refractivity contribution in [2.45, 2.75) is 39.0 Å². The molecule has 0 saturated carbocycles. The highest BCUT2D eigenvalue weighted by Gasteiger charge is 2.04. The molecule has 0 spiro atoms. The van der Waals surface area contributed by atoms with Gasteiger partial charge in [0.1, 0.15) is 0 Å². The minimum atomic E-state index is -0.510. The summed E-state index contributed by atoms with van der Waals surface area (Å²) in [6.45, 7) is 1.25. The van der Waals surface area contributed by atoms with E-state index >= 15 is 0 Å². The second kappa shape index (κ2) is 8.17. The molecule has 0 aliphatic heterocycles. The molecule has 2 rings (SSSR count). The molecule has 4 nitrogen and oxygen atoms in total. The molecule has 0 fully saturated rings. The Balaban J connectivity index is 1.72. The molecule has 0 aliphatic rings. The monoisotopic (exact) mass is 299 g/mol. The summed E-state index contributed by atoms with van der Waals surface area (Å²) in [5, 5.41) is 2.57. The fourth-order valence-corrected chi connectivity index (χ4v) is 2.47. The number of unbranched alkanes of at least 4 members (excludes halogenated alkanes) is 2. The van der Waals surface area contributed by atoms with Crippen molar-refractivity contribution in [3.8, 4) is 0 Å². The molecule has 2 aromatic rings. The van der Waals surface area contributed by atoms with Gasteiger partial charge in [0.05, 0.1) is 0 Å². The van der Waals surface area contributed by atoms with Crippen molar-refractivity contribution in [1.29, 1.82) is 0 Å². The third-order valence-corrected chi connectivity index (χ3v) is 3.54. The van der Waals surface area contributed by atoms with E-state index in [1.54, 1.807) is 0 Å². The van der Waals surface area contributed by atoms with E-state index < -0.39 is 5.97 Å². The zero-order valence-electron chi connectivity index (χ0n) is 12.8. The van der Waals surface area contributed by atoms with Gasteiger partial charge in [-0.1, -0.05) is 48.9 Å². The van der Waals surface area contributed by atoms with Crippen LogP contribution in [0.3, 0.4) is 0 Å². The predicted molar refractivity (Wildman–Crippen MR) is 86.0 cm³/mol. The summed E-state index contributed by atoms with van der Waals surface area (Å²) in [4.78, 5) is 26.4. The van der Waals surface area contributed by atoms with Crippen LogP contribution in [0.15, 0.2) is 42.5 Å². The first-order chi connectivity index (χ1) is 10.7. The van der Waals surface area contributed by atoms with Crippen molar-refractivity contribution in [2.24, 2.45) is 0 Å². The molecule has 1 N–H and O–H groups in total. The van der Waals surface area contributed by atoms with Gasteiger partial charge in [0.25, 0.3) is 5.91 Å². The Morgan fingerprint density at radius 1 is 1.00 bits per heavy atom. The molecule has 0 unspecified atom stereocenters. The van der Waals surface area contributed by atoms with Crippen LogP contribution in [0.2, 0.25) is 0 Å². The lowest BCUT2D eigenvalue weighted by Crippen LogP contribution is -2.25. The van der Waals surface area contributed by atoms with Crippen LogP contribution in [-0.4, -0.2) is 11.9 Å². The molecule has 116 valence electrons. The summed E-state index contributed by atoms with van der Waals surface area (Å²) in [5.74, 6) is -0.760. The van der Waals surface area contributed by atoms with E-state index in [0.717, 1.165) is 25.7 Å². The largest absolute Gasteiger partial charge is 0.341 e. The smallest absolute Gasteiger partial charge is 0.329 e. The zero-order valence-corrected chi connectivity index (χ0v) is 12.8. The van der Waals surface area contributed by atoms with Gasteiger partial charge in [-0.2, -0.15) is 5.48 Å². The highest BCUT2D eigenvalue weighted by molar-refractivity contribution is 5.85. The van der Waals surface area contributed by atoms with Crippen molar-refractivity contribution < 1.29 is 14.4 Å². The van der Waals surface area contributed by atoms with E-state index in [1.807, 2.05) is 6.07 Å². The second-order valence-corrected chi connectivity index (χ2v) is 5.32. The van der Waals surface area contributed by atoms with Gasteiger partial charge in [0, 0.05) is 13.3 Å². The molecule has 0 aromatic heterocycles. The number of rotatable bonds is 6. The molecule has 0 bridgehead atoms. The number of nitrogens with one attached hydrogen (secondary N) is 1. The number of carbonyl (C=O) groups is 2. The summed E-state index contributed by atoms with van der Waals surface area (Å²) in [6, 6.07) is 14.8. The van der Waals surface area contributed by atoms with Crippen molar-refractivity contribution in [2.75, 3.05) is 0 Å². The molecular formula is C18H21NO3. The third-order valence-electron chi connectivity index (χ3n) is 3.54. The van der Waals surface area contributed by atoms with Crippen LogP contribution < -0.4 is 5.48 Å². The van der Waals surface area contributed by atoms with Crippen molar-refractivity contribution in [1.82, 2.24) is 5.48 Å². The topological polar surface area (TPSA) is 55.4 Å². The molecule has 0 atom stereocenters. The summed E-state index contributed by atoms with van der Waals surface area (Å²) in [6.07, 6.45) is 4.18. The number of carbonyl (C=O) groups excluding carboxylic acids is 2. The summed E-state index contributed by atoms with van der Waals surface area (Å²) >= 11 is 0. The molecule has 1 amide bonds. The van der Waals surface area contributed by atoms with E-state index in [-0.39, 0.29) is 5.91 Å². The van der Waals surface area contributed by atoms with E-state index in [0.29, 0.717) is 6.42 Å². The van der Waals surface area contributed by atoms with Crippen molar-refractivity contribution in [3.63, 3.8) is 0 Å². The first-order valence-electron chi connectivity index (χ1n) is 7.59. The molecular weight excluding hydrogens is 278 g/mol. The number of fused-ring (bicyclic) bond motifs is 1. The first-order valence-corrected chi connectivity index (χ1v) is 7.59. The van der Waals surface area contributed by atoms with Crippen LogP contribution in [0.5, 0.6) is 0 Å². The Labute approximate surface area is 130 Å². The van der Waals surface area contributed by atoms with Gasteiger partial charge in [0.15, 0.2) is 0 Å². The lowest BCUT2D eigenvalue weighted by atomic mass is 9.99. The van der Waals surface area contributed by atoms with E-state index in [1.165, 1.54) is 23.3 Å². The first kappa shape index (κ1) is 16.0. The van der Waals surface area contributed by atoms with Crippen molar-refractivity contribution in [3.05, 3.63) is 48.0 Å². The summed E-state index contributed by atoms with van der Waals surface area (Å²) < 4.78 is 0. The number of aryl methyl sites for hydroxylation is 1. The number of benzene rings is 2. The fourth-order valence-electron chi connectivity index (χ4n) is 2.47. The number of hydrogen-bond acceptors (Lipinski definition) is 3. The average Bonchev–Trinajstić information content (AvgIpc) is 2.52. The standard InChI is InChI=1S/C18H21NO3/c1-14(20)22-19-18(21)13-4-2-3-8-15-10-7-11-16-9-5-6-12-17(15)16/h5-7,9-12H,2-4,8,13H2,1H3,(H,19,21). The maximum Gasteiger partial charge on any atom is 0.329 e. The van der Waals surface area contributed by atoms with Gasteiger partial charge in [-0.05, 0) is 35.6 Å². The minimum Gasteiger partial charge on any atom is -0.341 e. The molecule has 0 aliphatic carbocycles. The number of amides is 1. The van der Waals surface area contributed by atoms with E-state index in [2.05, 4.69) is 46.7 Å². The predicted octanol–water partition coefficient (Wildman–Crippen LogP) is 3.54.